The van der Waals surface area contributed by atoms with Crippen molar-refractivity contribution in [3.63, 3.8) is 0 Å². The Labute approximate surface area is 98.9 Å². The molecular weight excluding hydrogens is 202 g/mol. The molecule has 0 saturated carbocycles. The van der Waals surface area contributed by atoms with Gasteiger partial charge in [-0.1, -0.05) is 0 Å². The summed E-state index contributed by atoms with van der Waals surface area (Å²) >= 11 is 0. The Morgan fingerprint density at radius 3 is 2.56 bits per heavy atom. The van der Waals surface area contributed by atoms with Gasteiger partial charge in [0.1, 0.15) is 0 Å². The van der Waals surface area contributed by atoms with E-state index < -0.39 is 0 Å². The van der Waals surface area contributed by atoms with Crippen LogP contribution in [0.4, 0.5) is 0 Å². The molecule has 2 unspecified atom stereocenters. The van der Waals surface area contributed by atoms with Gasteiger partial charge in [0.05, 0.1) is 12.2 Å². The lowest BCUT2D eigenvalue weighted by molar-refractivity contribution is -0.0295. The summed E-state index contributed by atoms with van der Waals surface area (Å²) in [4.78, 5) is 0. The molecule has 0 aromatic carbocycles. The number of rotatable bonds is 4. The average molecular weight is 227 g/mol. The first-order chi connectivity index (χ1) is 7.74. The van der Waals surface area contributed by atoms with Crippen molar-refractivity contribution in [2.45, 2.75) is 51.2 Å². The summed E-state index contributed by atoms with van der Waals surface area (Å²) < 4.78 is 11.5. The molecule has 2 aliphatic rings. The molecule has 2 atom stereocenters. The van der Waals surface area contributed by atoms with Crippen LogP contribution in [0.15, 0.2) is 0 Å². The first kappa shape index (κ1) is 12.3. The van der Waals surface area contributed by atoms with Crippen LogP contribution in [-0.2, 0) is 9.47 Å². The standard InChI is InChI=1S/C13H25NO2/c1-11-3-4-12(16-11)9-13(10-14-2)5-7-15-8-6-13/h11-12,14H,3-10H2,1-2H3. The van der Waals surface area contributed by atoms with Crippen molar-refractivity contribution >= 4 is 0 Å². The van der Waals surface area contributed by atoms with E-state index in [1.54, 1.807) is 0 Å². The lowest BCUT2D eigenvalue weighted by atomic mass is 9.75. The highest BCUT2D eigenvalue weighted by Crippen LogP contribution is 2.38. The van der Waals surface area contributed by atoms with E-state index in [1.165, 1.54) is 32.1 Å². The van der Waals surface area contributed by atoms with Crippen molar-refractivity contribution in [3.8, 4) is 0 Å². The summed E-state index contributed by atoms with van der Waals surface area (Å²) in [5.74, 6) is 0. The zero-order chi connectivity index (χ0) is 11.4. The predicted octanol–water partition coefficient (Wildman–Crippen LogP) is 1.96. The number of hydrogen-bond donors (Lipinski definition) is 1. The number of ether oxygens (including phenoxy) is 2. The van der Waals surface area contributed by atoms with Gasteiger partial charge >= 0.3 is 0 Å². The van der Waals surface area contributed by atoms with Gasteiger partial charge in [0.2, 0.25) is 0 Å². The largest absolute Gasteiger partial charge is 0.381 e. The predicted molar refractivity (Wildman–Crippen MR) is 64.6 cm³/mol. The lowest BCUT2D eigenvalue weighted by Crippen LogP contribution is -2.40. The van der Waals surface area contributed by atoms with Gasteiger partial charge in [-0.25, -0.2) is 0 Å². The van der Waals surface area contributed by atoms with Crippen LogP contribution in [0.3, 0.4) is 0 Å². The molecule has 3 heteroatoms. The molecule has 0 bridgehead atoms. The molecule has 2 saturated heterocycles. The molecule has 0 radical (unpaired) electrons. The van der Waals surface area contributed by atoms with E-state index in [2.05, 4.69) is 19.3 Å². The van der Waals surface area contributed by atoms with Crippen molar-refractivity contribution in [1.82, 2.24) is 5.32 Å². The second kappa shape index (κ2) is 5.48. The highest BCUT2D eigenvalue weighted by atomic mass is 16.5. The smallest absolute Gasteiger partial charge is 0.0585 e. The van der Waals surface area contributed by atoms with Crippen molar-refractivity contribution in [1.29, 1.82) is 0 Å². The third kappa shape index (κ3) is 2.96. The highest BCUT2D eigenvalue weighted by molar-refractivity contribution is 4.88. The maximum atomic E-state index is 5.97. The van der Waals surface area contributed by atoms with E-state index in [0.29, 0.717) is 17.6 Å². The van der Waals surface area contributed by atoms with E-state index in [-0.39, 0.29) is 0 Å². The van der Waals surface area contributed by atoms with Gasteiger partial charge in [0.15, 0.2) is 0 Å². The van der Waals surface area contributed by atoms with Gasteiger partial charge in [-0.15, -0.1) is 0 Å². The molecule has 3 nitrogen and oxygen atoms in total. The minimum atomic E-state index is 0.418. The van der Waals surface area contributed by atoms with Crippen LogP contribution in [-0.4, -0.2) is 39.0 Å². The van der Waals surface area contributed by atoms with E-state index in [0.717, 1.165) is 19.8 Å². The minimum absolute atomic E-state index is 0.418. The highest BCUT2D eigenvalue weighted by Gasteiger charge is 2.36. The van der Waals surface area contributed by atoms with Crippen molar-refractivity contribution < 1.29 is 9.47 Å². The second-order valence-corrected chi connectivity index (χ2v) is 5.49. The van der Waals surface area contributed by atoms with Crippen LogP contribution in [0.1, 0.15) is 39.0 Å². The fraction of sp³-hybridized carbons (Fsp3) is 1.00. The zero-order valence-electron chi connectivity index (χ0n) is 10.6. The molecule has 0 aromatic heterocycles. The minimum Gasteiger partial charge on any atom is -0.381 e. The quantitative estimate of drug-likeness (QED) is 0.796. The fourth-order valence-corrected chi connectivity index (χ4v) is 3.15. The molecule has 16 heavy (non-hydrogen) atoms. The normalized spacial score (nSPS) is 34.1. The summed E-state index contributed by atoms with van der Waals surface area (Å²) in [5, 5.41) is 3.35. The van der Waals surface area contributed by atoms with E-state index in [4.69, 9.17) is 9.47 Å². The third-order valence-corrected chi connectivity index (χ3v) is 4.09. The summed E-state index contributed by atoms with van der Waals surface area (Å²) in [5.41, 5.74) is 0.418. The molecule has 0 amide bonds. The van der Waals surface area contributed by atoms with Gasteiger partial charge in [0.25, 0.3) is 0 Å². The SMILES string of the molecule is CNCC1(CC2CCC(C)O2)CCOCC1. The van der Waals surface area contributed by atoms with Crippen LogP contribution >= 0.6 is 0 Å². The molecule has 2 heterocycles. The van der Waals surface area contributed by atoms with Crippen molar-refractivity contribution in [2.24, 2.45) is 5.41 Å². The summed E-state index contributed by atoms with van der Waals surface area (Å²) in [6.45, 7) is 5.13. The second-order valence-electron chi connectivity index (χ2n) is 5.49. The molecule has 94 valence electrons. The fourth-order valence-electron chi connectivity index (χ4n) is 3.15. The summed E-state index contributed by atoms with van der Waals surface area (Å²) in [6, 6.07) is 0. The molecule has 0 aromatic rings. The van der Waals surface area contributed by atoms with Crippen LogP contribution in [0, 0.1) is 5.41 Å². The van der Waals surface area contributed by atoms with Gasteiger partial charge in [-0.2, -0.15) is 0 Å². The molecular formula is C13H25NO2. The van der Waals surface area contributed by atoms with E-state index in [1.807, 2.05) is 0 Å². The molecule has 2 fully saturated rings. The molecule has 2 rings (SSSR count). The van der Waals surface area contributed by atoms with Crippen LogP contribution < -0.4 is 5.32 Å². The van der Waals surface area contributed by atoms with Gasteiger partial charge in [-0.05, 0) is 51.5 Å². The van der Waals surface area contributed by atoms with Gasteiger partial charge in [-0.3, -0.25) is 0 Å². The number of hydrogen-bond acceptors (Lipinski definition) is 3. The molecule has 0 spiro atoms. The molecule has 0 aliphatic carbocycles. The van der Waals surface area contributed by atoms with Crippen LogP contribution in [0.25, 0.3) is 0 Å². The van der Waals surface area contributed by atoms with Crippen molar-refractivity contribution in [3.05, 3.63) is 0 Å². The Balaban J connectivity index is 1.91. The van der Waals surface area contributed by atoms with Gasteiger partial charge in [0, 0.05) is 19.8 Å². The first-order valence-corrected chi connectivity index (χ1v) is 6.62. The zero-order valence-corrected chi connectivity index (χ0v) is 10.6. The van der Waals surface area contributed by atoms with Gasteiger partial charge < -0.3 is 14.8 Å². The first-order valence-electron chi connectivity index (χ1n) is 6.62. The maximum absolute atomic E-state index is 5.97. The topological polar surface area (TPSA) is 30.5 Å². The lowest BCUT2D eigenvalue weighted by Gasteiger charge is -2.38. The average Bonchev–Trinajstić information content (AvgIpc) is 2.65. The number of nitrogens with one attached hydrogen (secondary N) is 1. The van der Waals surface area contributed by atoms with E-state index in [9.17, 15) is 0 Å². The Morgan fingerprint density at radius 2 is 2.00 bits per heavy atom. The Kier molecular flexibility index (Phi) is 4.22. The van der Waals surface area contributed by atoms with E-state index >= 15 is 0 Å². The summed E-state index contributed by atoms with van der Waals surface area (Å²) in [7, 11) is 2.05. The van der Waals surface area contributed by atoms with Crippen molar-refractivity contribution in [2.75, 3.05) is 26.8 Å². The van der Waals surface area contributed by atoms with Crippen LogP contribution in [0.2, 0.25) is 0 Å². The molecule has 1 N–H and O–H groups in total. The Hall–Kier alpha value is -0.120. The molecule has 2 aliphatic heterocycles. The third-order valence-electron chi connectivity index (χ3n) is 4.09. The Morgan fingerprint density at radius 1 is 1.25 bits per heavy atom. The maximum Gasteiger partial charge on any atom is 0.0585 e. The summed E-state index contributed by atoms with van der Waals surface area (Å²) in [6.07, 6.45) is 7.01. The van der Waals surface area contributed by atoms with Crippen LogP contribution in [0.5, 0.6) is 0 Å². The monoisotopic (exact) mass is 227 g/mol. The Bertz CT molecular complexity index is 208.